The fourth-order valence-corrected chi connectivity index (χ4v) is 2.69. The van der Waals surface area contributed by atoms with Gasteiger partial charge in [0.25, 0.3) is 0 Å². The number of carboxylic acid groups (broad SMARTS) is 1. The molecule has 0 radical (unpaired) electrons. The SMILES string of the molecule is COc1c(Cl)cc(C2CC(C(=O)O)CN2)c(OC)c1F. The maximum atomic E-state index is 14.2. The summed E-state index contributed by atoms with van der Waals surface area (Å²) in [6, 6.07) is 1.23. The van der Waals surface area contributed by atoms with Gasteiger partial charge in [0.15, 0.2) is 11.5 Å². The minimum absolute atomic E-state index is 0.0230. The third kappa shape index (κ3) is 2.53. The fraction of sp³-hybridized carbons (Fsp3) is 0.462. The lowest BCUT2D eigenvalue weighted by atomic mass is 9.99. The summed E-state index contributed by atoms with van der Waals surface area (Å²) in [5, 5.41) is 12.2. The molecule has 2 unspecified atom stereocenters. The van der Waals surface area contributed by atoms with Gasteiger partial charge >= 0.3 is 5.97 Å². The van der Waals surface area contributed by atoms with Crippen LogP contribution in [0.1, 0.15) is 18.0 Å². The van der Waals surface area contributed by atoms with Crippen molar-refractivity contribution in [1.29, 1.82) is 0 Å². The van der Waals surface area contributed by atoms with Gasteiger partial charge in [-0.3, -0.25) is 4.79 Å². The molecule has 0 spiro atoms. The molecule has 0 aliphatic carbocycles. The van der Waals surface area contributed by atoms with Crippen molar-refractivity contribution < 1.29 is 23.8 Å². The number of halogens is 2. The van der Waals surface area contributed by atoms with Crippen LogP contribution in [-0.4, -0.2) is 31.8 Å². The van der Waals surface area contributed by atoms with Crippen LogP contribution < -0.4 is 14.8 Å². The number of nitrogens with one attached hydrogen (secondary N) is 1. The lowest BCUT2D eigenvalue weighted by molar-refractivity contribution is -0.141. The van der Waals surface area contributed by atoms with Crippen LogP contribution in [0.4, 0.5) is 4.39 Å². The van der Waals surface area contributed by atoms with Gasteiger partial charge in [-0.2, -0.15) is 4.39 Å². The Bertz CT molecular complexity index is 538. The highest BCUT2D eigenvalue weighted by Crippen LogP contribution is 2.42. The summed E-state index contributed by atoms with van der Waals surface area (Å²) in [6.45, 7) is 0.328. The van der Waals surface area contributed by atoms with Crippen molar-refractivity contribution in [1.82, 2.24) is 5.32 Å². The first-order valence-corrected chi connectivity index (χ1v) is 6.43. The van der Waals surface area contributed by atoms with E-state index in [-0.39, 0.29) is 22.6 Å². The summed E-state index contributed by atoms with van der Waals surface area (Å²) < 4.78 is 24.2. The summed E-state index contributed by atoms with van der Waals surface area (Å²) in [5.41, 5.74) is 0.500. The standard InChI is InChI=1S/C13H15ClFNO4/c1-19-11-7(4-8(14)12(20-2)10(11)15)9-3-6(5-16-9)13(17)18/h4,6,9,16H,3,5H2,1-2H3,(H,17,18). The van der Waals surface area contributed by atoms with Crippen LogP contribution in [-0.2, 0) is 4.79 Å². The maximum absolute atomic E-state index is 14.2. The van der Waals surface area contributed by atoms with Crippen LogP contribution in [0.15, 0.2) is 6.07 Å². The van der Waals surface area contributed by atoms with Gasteiger partial charge in [0.2, 0.25) is 5.82 Å². The average molecular weight is 304 g/mol. The van der Waals surface area contributed by atoms with Crippen molar-refractivity contribution in [3.63, 3.8) is 0 Å². The van der Waals surface area contributed by atoms with Gasteiger partial charge in [-0.15, -0.1) is 0 Å². The Kier molecular flexibility index (Phi) is 4.35. The van der Waals surface area contributed by atoms with Gasteiger partial charge < -0.3 is 19.9 Å². The number of ether oxygens (including phenoxy) is 2. The highest BCUT2D eigenvalue weighted by Gasteiger charge is 2.33. The smallest absolute Gasteiger partial charge is 0.307 e. The first-order valence-electron chi connectivity index (χ1n) is 6.05. The Morgan fingerprint density at radius 1 is 1.45 bits per heavy atom. The van der Waals surface area contributed by atoms with E-state index in [0.29, 0.717) is 18.5 Å². The lowest BCUT2D eigenvalue weighted by Gasteiger charge is -2.18. The minimum Gasteiger partial charge on any atom is -0.493 e. The molecule has 1 aromatic carbocycles. The normalized spacial score (nSPS) is 21.8. The molecular formula is C13H15ClFNO4. The number of carbonyl (C=O) groups is 1. The molecule has 1 aliphatic heterocycles. The molecule has 0 bridgehead atoms. The first kappa shape index (κ1) is 14.9. The van der Waals surface area contributed by atoms with Crippen molar-refractivity contribution >= 4 is 17.6 Å². The highest BCUT2D eigenvalue weighted by molar-refractivity contribution is 6.32. The lowest BCUT2D eigenvalue weighted by Crippen LogP contribution is -2.17. The Morgan fingerprint density at radius 2 is 2.10 bits per heavy atom. The Hall–Kier alpha value is -1.53. The summed E-state index contributed by atoms with van der Waals surface area (Å²) in [7, 11) is 2.66. The predicted molar refractivity (Wildman–Crippen MR) is 71.0 cm³/mol. The molecule has 0 saturated carbocycles. The van der Waals surface area contributed by atoms with Gasteiger partial charge in [0.05, 0.1) is 25.2 Å². The molecule has 1 fully saturated rings. The molecule has 5 nitrogen and oxygen atoms in total. The Balaban J connectivity index is 2.40. The third-order valence-electron chi connectivity index (χ3n) is 3.42. The molecule has 1 aromatic rings. The van der Waals surface area contributed by atoms with Crippen LogP contribution in [0.2, 0.25) is 5.02 Å². The number of hydrogen-bond acceptors (Lipinski definition) is 4. The number of rotatable bonds is 4. The van der Waals surface area contributed by atoms with E-state index < -0.39 is 17.7 Å². The molecule has 1 saturated heterocycles. The minimum atomic E-state index is -0.876. The predicted octanol–water partition coefficient (Wildman–Crippen LogP) is 2.23. The summed E-state index contributed by atoms with van der Waals surface area (Å²) in [5.74, 6) is -2.12. The number of methoxy groups -OCH3 is 2. The molecule has 0 aromatic heterocycles. The van der Waals surface area contributed by atoms with E-state index in [4.69, 9.17) is 26.2 Å². The second-order valence-corrected chi connectivity index (χ2v) is 4.97. The number of carboxylic acids is 1. The van der Waals surface area contributed by atoms with Gasteiger partial charge in [-0.1, -0.05) is 11.6 Å². The highest BCUT2D eigenvalue weighted by atomic mass is 35.5. The van der Waals surface area contributed by atoms with Crippen LogP contribution >= 0.6 is 11.6 Å². The van der Waals surface area contributed by atoms with E-state index in [1.165, 1.54) is 14.2 Å². The summed E-state index contributed by atoms with van der Waals surface area (Å²) >= 11 is 5.98. The molecule has 1 aliphatic rings. The molecule has 2 rings (SSSR count). The molecule has 2 N–H and O–H groups in total. The summed E-state index contributed by atoms with van der Waals surface area (Å²) in [4.78, 5) is 11.0. The molecule has 20 heavy (non-hydrogen) atoms. The number of hydrogen-bond donors (Lipinski definition) is 2. The quantitative estimate of drug-likeness (QED) is 0.893. The van der Waals surface area contributed by atoms with Gasteiger partial charge in [-0.25, -0.2) is 0 Å². The molecule has 0 amide bonds. The van der Waals surface area contributed by atoms with E-state index >= 15 is 0 Å². The maximum Gasteiger partial charge on any atom is 0.307 e. The van der Waals surface area contributed by atoms with Gasteiger partial charge in [-0.05, 0) is 12.5 Å². The molecule has 7 heteroatoms. The zero-order valence-corrected chi connectivity index (χ0v) is 11.8. The van der Waals surface area contributed by atoms with Gasteiger partial charge in [0.1, 0.15) is 0 Å². The summed E-state index contributed by atoms with van der Waals surface area (Å²) in [6.07, 6.45) is 0.355. The fourth-order valence-electron chi connectivity index (χ4n) is 2.42. The monoisotopic (exact) mass is 303 g/mol. The van der Waals surface area contributed by atoms with Crippen LogP contribution in [0.5, 0.6) is 11.5 Å². The number of benzene rings is 1. The second kappa shape index (κ2) is 5.85. The average Bonchev–Trinajstić information content (AvgIpc) is 2.88. The van der Waals surface area contributed by atoms with Crippen LogP contribution in [0, 0.1) is 11.7 Å². The van der Waals surface area contributed by atoms with E-state index in [9.17, 15) is 9.18 Å². The number of aliphatic carboxylic acids is 1. The van der Waals surface area contributed by atoms with Crippen molar-refractivity contribution in [3.05, 3.63) is 22.5 Å². The van der Waals surface area contributed by atoms with Crippen molar-refractivity contribution in [2.45, 2.75) is 12.5 Å². The van der Waals surface area contributed by atoms with Crippen LogP contribution in [0.25, 0.3) is 0 Å². The third-order valence-corrected chi connectivity index (χ3v) is 3.70. The molecule has 2 atom stereocenters. The Morgan fingerprint density at radius 3 is 2.60 bits per heavy atom. The molecule has 1 heterocycles. The molecular weight excluding hydrogens is 289 g/mol. The molecule has 110 valence electrons. The van der Waals surface area contributed by atoms with E-state index in [1.54, 1.807) is 6.07 Å². The topological polar surface area (TPSA) is 67.8 Å². The van der Waals surface area contributed by atoms with E-state index in [2.05, 4.69) is 5.32 Å². The van der Waals surface area contributed by atoms with Crippen LogP contribution in [0.3, 0.4) is 0 Å². The first-order chi connectivity index (χ1) is 9.49. The zero-order valence-electron chi connectivity index (χ0n) is 11.1. The Labute approximate surface area is 120 Å². The van der Waals surface area contributed by atoms with Gasteiger partial charge in [0, 0.05) is 18.2 Å². The largest absolute Gasteiger partial charge is 0.493 e. The zero-order chi connectivity index (χ0) is 14.9. The second-order valence-electron chi connectivity index (χ2n) is 4.56. The van der Waals surface area contributed by atoms with E-state index in [0.717, 1.165) is 0 Å². The van der Waals surface area contributed by atoms with E-state index in [1.807, 2.05) is 0 Å². The van der Waals surface area contributed by atoms with Crippen molar-refractivity contribution in [2.75, 3.05) is 20.8 Å². The van der Waals surface area contributed by atoms with Crippen molar-refractivity contribution in [2.24, 2.45) is 5.92 Å². The van der Waals surface area contributed by atoms with Crippen molar-refractivity contribution in [3.8, 4) is 11.5 Å².